The van der Waals surface area contributed by atoms with E-state index in [0.29, 0.717) is 0 Å². The third kappa shape index (κ3) is 7.40. The zero-order valence-electron chi connectivity index (χ0n) is 4.34. The van der Waals surface area contributed by atoms with E-state index in [4.69, 9.17) is 0 Å². The Bertz CT molecular complexity index is 26.1. The van der Waals surface area contributed by atoms with Crippen molar-refractivity contribution < 1.29 is 0 Å². The Kier molecular flexibility index (Phi) is 8.88. The van der Waals surface area contributed by atoms with E-state index < -0.39 is 0 Å². The van der Waals surface area contributed by atoms with Crippen molar-refractivity contribution in [2.75, 3.05) is 17.6 Å². The highest BCUT2D eigenvalue weighted by molar-refractivity contribution is 8.84. The fraction of sp³-hybridized carbons (Fsp3) is 1.00. The molecule has 0 heterocycles. The first-order valence-corrected chi connectivity index (χ1v) is 7.18. The van der Waals surface area contributed by atoms with E-state index in [2.05, 4.69) is 12.5 Å². The summed E-state index contributed by atoms with van der Waals surface area (Å²) >= 11 is 0. The quantitative estimate of drug-likeness (QED) is 0.363. The fourth-order valence-corrected chi connectivity index (χ4v) is 4.19. The molecular weight excluding hydrogens is 164 g/mol. The van der Waals surface area contributed by atoms with Gasteiger partial charge in [-0.05, 0) is 12.5 Å². The summed E-state index contributed by atoms with van der Waals surface area (Å²) in [4.78, 5) is 0. The summed E-state index contributed by atoms with van der Waals surface area (Å²) in [5.41, 5.74) is 0. The molecule has 0 aliphatic heterocycles. The van der Waals surface area contributed by atoms with Gasteiger partial charge in [-0.2, -0.15) is 0 Å². The van der Waals surface area contributed by atoms with Crippen molar-refractivity contribution in [2.24, 2.45) is 0 Å². The SMILES string of the molecule is CSSCSSC. The number of hydrogen-bond acceptors (Lipinski definition) is 4. The van der Waals surface area contributed by atoms with Crippen LogP contribution < -0.4 is 0 Å². The summed E-state index contributed by atoms with van der Waals surface area (Å²) in [7, 11) is 7.43. The average molecular weight is 172 g/mol. The Labute approximate surface area is 60.8 Å². The molecule has 44 valence electrons. The van der Waals surface area contributed by atoms with Gasteiger partial charge in [-0.1, -0.05) is 43.2 Å². The molecule has 0 aromatic rings. The van der Waals surface area contributed by atoms with Gasteiger partial charge >= 0.3 is 0 Å². The molecule has 4 heteroatoms. The first-order valence-electron chi connectivity index (χ1n) is 1.73. The van der Waals surface area contributed by atoms with Gasteiger partial charge in [0, 0.05) is 0 Å². The second-order valence-electron chi connectivity index (χ2n) is 0.687. The monoisotopic (exact) mass is 172 g/mol. The standard InChI is InChI=1S/C3H8S4/c1-4-6-3-7-5-2/h3H2,1-2H3. The maximum Gasteiger partial charge on any atom is 0.0599 e. The predicted octanol–water partition coefficient (Wildman–Crippen LogP) is 2.97. The van der Waals surface area contributed by atoms with Crippen LogP contribution in [0.15, 0.2) is 0 Å². The second kappa shape index (κ2) is 7.40. The molecule has 0 spiro atoms. The molecule has 0 N–H and O–H groups in total. The van der Waals surface area contributed by atoms with Crippen LogP contribution in [-0.2, 0) is 0 Å². The fourth-order valence-electron chi connectivity index (χ4n) is 0.116. The van der Waals surface area contributed by atoms with E-state index in [9.17, 15) is 0 Å². The van der Waals surface area contributed by atoms with E-state index in [0.717, 1.165) is 0 Å². The summed E-state index contributed by atoms with van der Waals surface area (Å²) in [6.45, 7) is 0. The Morgan fingerprint density at radius 3 is 1.71 bits per heavy atom. The Balaban J connectivity index is 2.45. The molecule has 0 saturated carbocycles. The summed E-state index contributed by atoms with van der Waals surface area (Å²) in [6.07, 6.45) is 4.21. The molecule has 0 aliphatic carbocycles. The smallest absolute Gasteiger partial charge is 0.0599 e. The molecule has 0 saturated heterocycles. The summed E-state index contributed by atoms with van der Waals surface area (Å²) in [6, 6.07) is 0. The zero-order chi connectivity index (χ0) is 5.54. The van der Waals surface area contributed by atoms with Crippen molar-refractivity contribution >= 4 is 43.2 Å². The Morgan fingerprint density at radius 2 is 1.43 bits per heavy atom. The highest BCUT2D eigenvalue weighted by Crippen LogP contribution is 2.28. The minimum absolute atomic E-state index is 1.20. The van der Waals surface area contributed by atoms with E-state index in [1.165, 1.54) is 5.08 Å². The molecule has 0 fully saturated rings. The molecular formula is C3H8S4. The average Bonchev–Trinajstić information content (AvgIpc) is 1.69. The number of rotatable bonds is 4. The van der Waals surface area contributed by atoms with Gasteiger partial charge in [-0.15, -0.1) is 0 Å². The molecule has 0 amide bonds. The normalized spacial score (nSPS) is 9.43. The first kappa shape index (κ1) is 8.40. The van der Waals surface area contributed by atoms with Crippen molar-refractivity contribution in [3.05, 3.63) is 0 Å². The van der Waals surface area contributed by atoms with E-state index in [-0.39, 0.29) is 0 Å². The van der Waals surface area contributed by atoms with Crippen LogP contribution in [0, 0.1) is 0 Å². The number of hydrogen-bond donors (Lipinski definition) is 0. The molecule has 0 rings (SSSR count). The third-order valence-corrected chi connectivity index (χ3v) is 4.72. The lowest BCUT2D eigenvalue weighted by atomic mass is 11.9. The van der Waals surface area contributed by atoms with Crippen molar-refractivity contribution in [1.82, 2.24) is 0 Å². The molecule has 0 nitrogen and oxygen atoms in total. The molecule has 0 bridgehead atoms. The predicted molar refractivity (Wildman–Crippen MR) is 47.1 cm³/mol. The minimum Gasteiger partial charge on any atom is -0.0967 e. The van der Waals surface area contributed by atoms with Crippen molar-refractivity contribution in [2.45, 2.75) is 0 Å². The lowest BCUT2D eigenvalue weighted by Crippen LogP contribution is -1.54. The van der Waals surface area contributed by atoms with Crippen LogP contribution >= 0.6 is 43.2 Å². The first-order chi connectivity index (χ1) is 3.41. The van der Waals surface area contributed by atoms with Crippen LogP contribution in [0.25, 0.3) is 0 Å². The van der Waals surface area contributed by atoms with Gasteiger partial charge in [0.25, 0.3) is 0 Å². The van der Waals surface area contributed by atoms with Gasteiger partial charge in [0.1, 0.15) is 0 Å². The Morgan fingerprint density at radius 1 is 1.00 bits per heavy atom. The molecule has 0 aromatic carbocycles. The molecule has 0 aliphatic rings. The van der Waals surface area contributed by atoms with Gasteiger partial charge in [0.05, 0.1) is 5.08 Å². The highest BCUT2D eigenvalue weighted by atomic mass is 33.1. The van der Waals surface area contributed by atoms with Crippen LogP contribution in [0.2, 0.25) is 0 Å². The molecule has 0 radical (unpaired) electrons. The zero-order valence-corrected chi connectivity index (χ0v) is 7.61. The van der Waals surface area contributed by atoms with Gasteiger partial charge in [0.15, 0.2) is 0 Å². The lowest BCUT2D eigenvalue weighted by Gasteiger charge is -1.89. The van der Waals surface area contributed by atoms with Crippen LogP contribution in [0.5, 0.6) is 0 Å². The topological polar surface area (TPSA) is 0 Å². The van der Waals surface area contributed by atoms with Gasteiger partial charge in [0.2, 0.25) is 0 Å². The van der Waals surface area contributed by atoms with Crippen LogP contribution in [0.4, 0.5) is 0 Å². The van der Waals surface area contributed by atoms with Crippen LogP contribution in [-0.4, -0.2) is 17.6 Å². The summed E-state index contributed by atoms with van der Waals surface area (Å²) < 4.78 is 0. The third-order valence-electron chi connectivity index (χ3n) is 0.332. The second-order valence-corrected chi connectivity index (χ2v) is 6.18. The van der Waals surface area contributed by atoms with Crippen molar-refractivity contribution in [3.8, 4) is 0 Å². The minimum atomic E-state index is 1.20. The molecule has 7 heavy (non-hydrogen) atoms. The van der Waals surface area contributed by atoms with E-state index >= 15 is 0 Å². The lowest BCUT2D eigenvalue weighted by molar-refractivity contribution is 2.34. The molecule has 0 aromatic heterocycles. The van der Waals surface area contributed by atoms with Crippen molar-refractivity contribution in [3.63, 3.8) is 0 Å². The Hall–Kier alpha value is 1.40. The summed E-state index contributed by atoms with van der Waals surface area (Å²) in [5.74, 6) is 0. The van der Waals surface area contributed by atoms with E-state index in [1.54, 1.807) is 0 Å². The maximum absolute atomic E-state index is 2.10. The van der Waals surface area contributed by atoms with Gasteiger partial charge < -0.3 is 0 Å². The van der Waals surface area contributed by atoms with Crippen molar-refractivity contribution in [1.29, 1.82) is 0 Å². The maximum atomic E-state index is 2.10. The van der Waals surface area contributed by atoms with Crippen LogP contribution in [0.1, 0.15) is 0 Å². The molecule has 0 atom stereocenters. The molecule has 0 unspecified atom stereocenters. The van der Waals surface area contributed by atoms with Gasteiger partial charge in [-0.3, -0.25) is 0 Å². The van der Waals surface area contributed by atoms with E-state index in [1.807, 2.05) is 43.2 Å². The highest BCUT2D eigenvalue weighted by Gasteiger charge is 1.81. The largest absolute Gasteiger partial charge is 0.0967 e. The van der Waals surface area contributed by atoms with Gasteiger partial charge in [-0.25, -0.2) is 0 Å². The summed E-state index contributed by atoms with van der Waals surface area (Å²) in [5, 5.41) is 1.20. The van der Waals surface area contributed by atoms with Crippen LogP contribution in [0.3, 0.4) is 0 Å².